The summed E-state index contributed by atoms with van der Waals surface area (Å²) in [4.78, 5) is 16.0. The van der Waals surface area contributed by atoms with E-state index in [1.807, 2.05) is 37.4 Å². The summed E-state index contributed by atoms with van der Waals surface area (Å²) >= 11 is 0. The van der Waals surface area contributed by atoms with Gasteiger partial charge in [-0.2, -0.15) is 0 Å². The number of fused-ring (bicyclic) bond motifs is 2. The molecule has 218 valence electrons. The molecule has 2 spiro atoms. The lowest BCUT2D eigenvalue weighted by Gasteiger charge is -2.73. The summed E-state index contributed by atoms with van der Waals surface area (Å²) in [7, 11) is 3.57. The first-order valence-electron chi connectivity index (χ1n) is 15.6. The third-order valence-corrected chi connectivity index (χ3v) is 12.0. The summed E-state index contributed by atoms with van der Waals surface area (Å²) in [5.74, 6) is 2.29. The number of nitrogens with two attached hydrogens (primary N) is 1. The number of ether oxygens (including phenoxy) is 4. The minimum absolute atomic E-state index is 0.0393. The molecule has 5 fully saturated rings. The van der Waals surface area contributed by atoms with Crippen LogP contribution in [0.2, 0.25) is 0 Å². The van der Waals surface area contributed by atoms with Crippen LogP contribution in [0.5, 0.6) is 11.5 Å². The number of likely N-dealkylation sites (tertiary alicyclic amines) is 1. The standard InChI is InChI=1S/C34H42N2O5/c1-38-26-11-10-23-17-27-32-12-13-34(39-2,24(18-32)20-40-30(37)25(35)16-21-6-4-3-5-7-21)31-33(32,28(23)29(26)41-31)14-15-36(27)19-22-8-9-22/h3-7,10-11,22,24-25,27,31H,8-9,12-20,35H2,1-2H3/t24-,25+,27-,31-,32?,33?,34?/m1/s1. The molecular formula is C34H42N2O5. The molecule has 7 aliphatic rings. The Labute approximate surface area is 242 Å². The highest BCUT2D eigenvalue weighted by atomic mass is 16.6. The third-order valence-electron chi connectivity index (χ3n) is 12.0. The Balaban J connectivity index is 1.15. The molecule has 7 nitrogen and oxygen atoms in total. The molecule has 9 rings (SSSR count). The van der Waals surface area contributed by atoms with Crippen LogP contribution in [0.1, 0.15) is 55.2 Å². The van der Waals surface area contributed by atoms with Crippen LogP contribution in [0, 0.1) is 17.3 Å². The van der Waals surface area contributed by atoms with Gasteiger partial charge in [0.25, 0.3) is 0 Å². The van der Waals surface area contributed by atoms with Gasteiger partial charge in [-0.1, -0.05) is 36.4 Å². The van der Waals surface area contributed by atoms with Gasteiger partial charge in [-0.05, 0) is 81.0 Å². The predicted octanol–water partition coefficient (Wildman–Crippen LogP) is 4.03. The second-order valence-corrected chi connectivity index (χ2v) is 13.7. The molecule has 0 aromatic heterocycles. The summed E-state index contributed by atoms with van der Waals surface area (Å²) < 4.78 is 25.6. The SMILES string of the molecule is COc1ccc2c3c1O[C@H]1C4(OC)CCC5(C[C@@H]4COC(=O)[C@@H](N)Cc4ccccc4)[C@@H](C2)N(CC2CC2)CCC315. The Morgan fingerprint density at radius 2 is 1.95 bits per heavy atom. The lowest BCUT2D eigenvalue weighted by Crippen LogP contribution is -2.81. The van der Waals surface area contributed by atoms with Gasteiger partial charge in [-0.25, -0.2) is 0 Å². The fraction of sp³-hybridized carbons (Fsp3) is 0.618. The number of esters is 1. The first-order valence-corrected chi connectivity index (χ1v) is 15.6. The van der Waals surface area contributed by atoms with E-state index in [4.69, 9.17) is 24.7 Å². The molecule has 7 heteroatoms. The molecule has 5 aliphatic carbocycles. The van der Waals surface area contributed by atoms with Crippen molar-refractivity contribution in [2.24, 2.45) is 23.0 Å². The largest absolute Gasteiger partial charge is 0.493 e. The van der Waals surface area contributed by atoms with Crippen molar-refractivity contribution in [2.75, 3.05) is 33.9 Å². The van der Waals surface area contributed by atoms with Gasteiger partial charge in [0.05, 0.1) is 13.7 Å². The number of carbonyl (C=O) groups is 1. The monoisotopic (exact) mass is 558 g/mol. The first kappa shape index (κ1) is 26.1. The first-order chi connectivity index (χ1) is 20.0. The van der Waals surface area contributed by atoms with E-state index in [0.717, 1.165) is 61.6 Å². The highest BCUT2D eigenvalue weighted by Crippen LogP contribution is 2.76. The molecule has 0 amide bonds. The summed E-state index contributed by atoms with van der Waals surface area (Å²) in [5, 5.41) is 0. The Kier molecular flexibility index (Phi) is 5.84. The van der Waals surface area contributed by atoms with E-state index in [1.54, 1.807) is 7.11 Å². The van der Waals surface area contributed by atoms with Gasteiger partial charge in [0.2, 0.25) is 0 Å². The van der Waals surface area contributed by atoms with Crippen molar-refractivity contribution in [3.8, 4) is 11.5 Å². The van der Waals surface area contributed by atoms with Crippen LogP contribution in [0.25, 0.3) is 0 Å². The zero-order valence-electron chi connectivity index (χ0n) is 24.3. The van der Waals surface area contributed by atoms with E-state index in [9.17, 15) is 4.79 Å². The molecule has 41 heavy (non-hydrogen) atoms. The van der Waals surface area contributed by atoms with E-state index in [2.05, 4.69) is 17.0 Å². The molecule has 7 atom stereocenters. The zero-order chi connectivity index (χ0) is 28.0. The maximum atomic E-state index is 13.2. The Morgan fingerprint density at radius 3 is 2.71 bits per heavy atom. The van der Waals surface area contributed by atoms with Crippen LogP contribution in [0.4, 0.5) is 0 Å². The molecule has 2 aromatic carbocycles. The fourth-order valence-corrected chi connectivity index (χ4v) is 10.1. The maximum absolute atomic E-state index is 13.2. The van der Waals surface area contributed by atoms with Gasteiger partial charge in [0.15, 0.2) is 11.5 Å². The van der Waals surface area contributed by atoms with Gasteiger partial charge < -0.3 is 24.7 Å². The van der Waals surface area contributed by atoms with Crippen LogP contribution < -0.4 is 15.2 Å². The van der Waals surface area contributed by atoms with Gasteiger partial charge >= 0.3 is 5.97 Å². The molecule has 2 aliphatic heterocycles. The summed E-state index contributed by atoms with van der Waals surface area (Å²) in [5.41, 5.74) is 9.61. The smallest absolute Gasteiger partial charge is 0.323 e. The molecule has 2 aromatic rings. The third kappa shape index (κ3) is 3.46. The quantitative estimate of drug-likeness (QED) is 0.466. The van der Waals surface area contributed by atoms with Gasteiger partial charge in [-0.3, -0.25) is 9.69 Å². The minimum atomic E-state index is -0.692. The van der Waals surface area contributed by atoms with Crippen molar-refractivity contribution in [1.29, 1.82) is 0 Å². The number of nitrogens with zero attached hydrogens (tertiary/aromatic N) is 1. The Bertz CT molecular complexity index is 1360. The van der Waals surface area contributed by atoms with Crippen molar-refractivity contribution < 1.29 is 23.7 Å². The molecule has 4 bridgehead atoms. The van der Waals surface area contributed by atoms with Gasteiger partial charge in [0.1, 0.15) is 17.7 Å². The van der Waals surface area contributed by atoms with Gasteiger partial charge in [-0.15, -0.1) is 0 Å². The van der Waals surface area contributed by atoms with E-state index >= 15 is 0 Å². The molecule has 3 unspecified atom stereocenters. The predicted molar refractivity (Wildman–Crippen MR) is 154 cm³/mol. The number of rotatable bonds is 9. The highest BCUT2D eigenvalue weighted by molar-refractivity contribution is 5.76. The fourth-order valence-electron chi connectivity index (χ4n) is 10.1. The van der Waals surface area contributed by atoms with Crippen LogP contribution in [0.15, 0.2) is 42.5 Å². The molecule has 2 N–H and O–H groups in total. The van der Waals surface area contributed by atoms with Crippen LogP contribution in [-0.2, 0) is 32.5 Å². The topological polar surface area (TPSA) is 83.2 Å². The average Bonchev–Trinajstić information content (AvgIpc) is 3.74. The number of methoxy groups -OCH3 is 2. The van der Waals surface area contributed by atoms with Crippen molar-refractivity contribution in [3.63, 3.8) is 0 Å². The molecular weight excluding hydrogens is 516 g/mol. The molecule has 4 saturated carbocycles. The molecule has 0 radical (unpaired) electrons. The summed E-state index contributed by atoms with van der Waals surface area (Å²) in [6.45, 7) is 2.62. The minimum Gasteiger partial charge on any atom is -0.493 e. The number of carbonyl (C=O) groups excluding carboxylic acids is 1. The van der Waals surface area contributed by atoms with E-state index < -0.39 is 11.6 Å². The lowest BCUT2D eigenvalue weighted by molar-refractivity contribution is -0.282. The van der Waals surface area contributed by atoms with Crippen molar-refractivity contribution in [2.45, 2.75) is 80.6 Å². The summed E-state index contributed by atoms with van der Waals surface area (Å²) in [6, 6.07) is 14.1. The normalized spacial score (nSPS) is 36.8. The number of hydrogen-bond acceptors (Lipinski definition) is 7. The van der Waals surface area contributed by atoms with E-state index in [-0.39, 0.29) is 28.8 Å². The van der Waals surface area contributed by atoms with E-state index in [1.165, 1.54) is 30.5 Å². The lowest BCUT2D eigenvalue weighted by atomic mass is 9.35. The van der Waals surface area contributed by atoms with Crippen molar-refractivity contribution in [1.82, 2.24) is 4.90 Å². The Morgan fingerprint density at radius 1 is 1.12 bits per heavy atom. The van der Waals surface area contributed by atoms with Gasteiger partial charge in [0, 0.05) is 42.0 Å². The Hall–Kier alpha value is -2.61. The van der Waals surface area contributed by atoms with Crippen molar-refractivity contribution >= 4 is 5.97 Å². The number of hydrogen-bond donors (Lipinski definition) is 1. The highest BCUT2D eigenvalue weighted by Gasteiger charge is 2.80. The second kappa shape index (κ2) is 9.19. The van der Waals surface area contributed by atoms with Crippen LogP contribution in [0.3, 0.4) is 0 Å². The second-order valence-electron chi connectivity index (χ2n) is 13.7. The average molecular weight is 559 g/mol. The molecule has 1 saturated heterocycles. The number of piperidine rings is 1. The maximum Gasteiger partial charge on any atom is 0.323 e. The number of benzene rings is 2. The summed E-state index contributed by atoms with van der Waals surface area (Å²) in [6.07, 6.45) is 8.19. The molecule has 2 heterocycles. The van der Waals surface area contributed by atoms with Crippen LogP contribution in [-0.4, -0.2) is 68.6 Å². The van der Waals surface area contributed by atoms with Crippen molar-refractivity contribution in [3.05, 3.63) is 59.2 Å². The van der Waals surface area contributed by atoms with Crippen LogP contribution >= 0.6 is 0 Å². The van der Waals surface area contributed by atoms with E-state index in [0.29, 0.717) is 19.1 Å². The zero-order valence-corrected chi connectivity index (χ0v) is 24.3.